The average molecular weight is 214 g/mol. The molecule has 4 aliphatic carbocycles. The molecular weight excluding hydrogens is 192 g/mol. The Balaban J connectivity index is 1.58. The summed E-state index contributed by atoms with van der Waals surface area (Å²) < 4.78 is 0. The van der Waals surface area contributed by atoms with Crippen LogP contribution in [0.25, 0.3) is 0 Å². The van der Waals surface area contributed by atoms with Gasteiger partial charge in [-0.05, 0) is 68.6 Å². The first-order valence-electron chi connectivity index (χ1n) is 7.30. The summed E-state index contributed by atoms with van der Waals surface area (Å²) in [4.78, 5) is 0. The van der Waals surface area contributed by atoms with Crippen LogP contribution in [-0.2, 0) is 0 Å². The van der Waals surface area contributed by atoms with Crippen molar-refractivity contribution in [3.63, 3.8) is 0 Å². The van der Waals surface area contributed by atoms with E-state index in [2.05, 4.69) is 12.2 Å². The molecule has 0 aromatic carbocycles. The van der Waals surface area contributed by atoms with Crippen molar-refractivity contribution in [2.45, 2.75) is 51.4 Å². The van der Waals surface area contributed by atoms with Crippen molar-refractivity contribution in [2.24, 2.45) is 23.7 Å². The lowest BCUT2D eigenvalue weighted by Gasteiger charge is -2.18. The zero-order valence-electron chi connectivity index (χ0n) is 10.1. The number of hydrogen-bond donors (Lipinski definition) is 0. The van der Waals surface area contributed by atoms with Crippen LogP contribution >= 0.6 is 0 Å². The zero-order valence-corrected chi connectivity index (χ0v) is 10.1. The molecule has 86 valence electrons. The van der Waals surface area contributed by atoms with Crippen LogP contribution in [-0.4, -0.2) is 0 Å². The van der Waals surface area contributed by atoms with Crippen LogP contribution in [0.2, 0.25) is 0 Å². The smallest absolute Gasteiger partial charge is 0.0193 e. The third-order valence-electron chi connectivity index (χ3n) is 5.72. The standard InChI is InChI=1S/C16H22/c1-2-4-11(5-3-1)14-9-15-12-6-7-13(8-12)16(15)10-14/h6-7,12-13,15-16H,1-5,8-10H2. The van der Waals surface area contributed by atoms with Crippen LogP contribution in [0.15, 0.2) is 23.3 Å². The lowest BCUT2D eigenvalue weighted by molar-refractivity contribution is 0.364. The first-order chi connectivity index (χ1) is 7.92. The number of fused-ring (bicyclic) bond motifs is 5. The van der Waals surface area contributed by atoms with Gasteiger partial charge in [-0.25, -0.2) is 0 Å². The van der Waals surface area contributed by atoms with Crippen molar-refractivity contribution < 1.29 is 0 Å². The van der Waals surface area contributed by atoms with Gasteiger partial charge in [0.25, 0.3) is 0 Å². The second kappa shape index (κ2) is 3.48. The van der Waals surface area contributed by atoms with Gasteiger partial charge in [0.15, 0.2) is 0 Å². The van der Waals surface area contributed by atoms with Crippen LogP contribution in [0.1, 0.15) is 51.4 Å². The minimum atomic E-state index is 0.969. The van der Waals surface area contributed by atoms with Crippen molar-refractivity contribution in [3.05, 3.63) is 23.3 Å². The SMILES string of the molecule is C1=CC2CC1C1CC(=C3CCCCC3)CC21. The average Bonchev–Trinajstić information content (AvgIpc) is 3.02. The number of allylic oxidation sites excluding steroid dienone is 4. The Morgan fingerprint density at radius 2 is 1.38 bits per heavy atom. The maximum absolute atomic E-state index is 2.53. The van der Waals surface area contributed by atoms with E-state index in [1.165, 1.54) is 51.4 Å². The Morgan fingerprint density at radius 1 is 0.750 bits per heavy atom. The summed E-state index contributed by atoms with van der Waals surface area (Å²) >= 11 is 0. The molecule has 0 heterocycles. The molecule has 2 bridgehead atoms. The van der Waals surface area contributed by atoms with Crippen molar-refractivity contribution >= 4 is 0 Å². The molecule has 0 amide bonds. The molecule has 0 saturated heterocycles. The summed E-state index contributed by atoms with van der Waals surface area (Å²) in [7, 11) is 0. The lowest BCUT2D eigenvalue weighted by atomic mass is 9.86. The van der Waals surface area contributed by atoms with Crippen molar-refractivity contribution in [3.8, 4) is 0 Å². The monoisotopic (exact) mass is 214 g/mol. The second-order valence-electron chi connectivity index (χ2n) is 6.45. The van der Waals surface area contributed by atoms with Crippen LogP contribution in [0, 0.1) is 23.7 Å². The van der Waals surface area contributed by atoms with E-state index in [9.17, 15) is 0 Å². The minimum absolute atomic E-state index is 0.969. The van der Waals surface area contributed by atoms with E-state index >= 15 is 0 Å². The maximum atomic E-state index is 2.53. The summed E-state index contributed by atoms with van der Waals surface area (Å²) in [5.41, 5.74) is 3.80. The molecule has 4 unspecified atom stereocenters. The number of rotatable bonds is 0. The van der Waals surface area contributed by atoms with Crippen LogP contribution < -0.4 is 0 Å². The van der Waals surface area contributed by atoms with Crippen molar-refractivity contribution in [1.82, 2.24) is 0 Å². The van der Waals surface area contributed by atoms with E-state index in [0.717, 1.165) is 23.7 Å². The molecule has 0 aliphatic heterocycles. The molecule has 0 heteroatoms. The van der Waals surface area contributed by atoms with E-state index in [1.807, 2.05) is 11.1 Å². The largest absolute Gasteiger partial charge is 0.0848 e. The van der Waals surface area contributed by atoms with Gasteiger partial charge < -0.3 is 0 Å². The lowest BCUT2D eigenvalue weighted by Crippen LogP contribution is -2.12. The Morgan fingerprint density at radius 3 is 2.00 bits per heavy atom. The second-order valence-corrected chi connectivity index (χ2v) is 6.45. The topological polar surface area (TPSA) is 0 Å². The molecule has 4 aliphatic rings. The van der Waals surface area contributed by atoms with Crippen LogP contribution in [0.4, 0.5) is 0 Å². The highest BCUT2D eigenvalue weighted by Crippen LogP contribution is 2.57. The zero-order chi connectivity index (χ0) is 10.5. The molecule has 4 rings (SSSR count). The third-order valence-corrected chi connectivity index (χ3v) is 5.72. The molecule has 0 aromatic heterocycles. The third kappa shape index (κ3) is 1.28. The minimum Gasteiger partial charge on any atom is -0.0848 e. The Labute approximate surface area is 98.8 Å². The molecule has 0 nitrogen and oxygen atoms in total. The van der Waals surface area contributed by atoms with Crippen molar-refractivity contribution in [1.29, 1.82) is 0 Å². The van der Waals surface area contributed by atoms with E-state index < -0.39 is 0 Å². The van der Waals surface area contributed by atoms with Gasteiger partial charge in [0, 0.05) is 0 Å². The van der Waals surface area contributed by atoms with E-state index in [4.69, 9.17) is 0 Å². The summed E-state index contributed by atoms with van der Waals surface area (Å²) in [6.45, 7) is 0. The molecule has 3 fully saturated rings. The molecule has 0 spiro atoms. The number of hydrogen-bond acceptors (Lipinski definition) is 0. The van der Waals surface area contributed by atoms with Gasteiger partial charge >= 0.3 is 0 Å². The van der Waals surface area contributed by atoms with Crippen LogP contribution in [0.3, 0.4) is 0 Å². The highest BCUT2D eigenvalue weighted by Gasteiger charge is 2.48. The predicted octanol–water partition coefficient (Wildman–Crippen LogP) is 4.48. The molecule has 0 radical (unpaired) electrons. The summed E-state index contributed by atoms with van der Waals surface area (Å²) in [6, 6.07) is 0. The quantitative estimate of drug-likeness (QED) is 0.522. The normalized spacial score (nSPS) is 45.5. The molecule has 16 heavy (non-hydrogen) atoms. The fourth-order valence-electron chi connectivity index (χ4n) is 4.91. The van der Waals surface area contributed by atoms with Gasteiger partial charge in [0.1, 0.15) is 0 Å². The van der Waals surface area contributed by atoms with Gasteiger partial charge in [-0.2, -0.15) is 0 Å². The van der Waals surface area contributed by atoms with Crippen molar-refractivity contribution in [2.75, 3.05) is 0 Å². The maximum Gasteiger partial charge on any atom is -0.0193 e. The first-order valence-corrected chi connectivity index (χ1v) is 7.30. The van der Waals surface area contributed by atoms with Gasteiger partial charge in [0.2, 0.25) is 0 Å². The molecule has 0 N–H and O–H groups in total. The van der Waals surface area contributed by atoms with E-state index in [-0.39, 0.29) is 0 Å². The van der Waals surface area contributed by atoms with Crippen LogP contribution in [0.5, 0.6) is 0 Å². The summed E-state index contributed by atoms with van der Waals surface area (Å²) in [5, 5.41) is 0. The predicted molar refractivity (Wildman–Crippen MR) is 67.1 cm³/mol. The first kappa shape index (κ1) is 9.50. The van der Waals surface area contributed by atoms with Gasteiger partial charge in [0.05, 0.1) is 0 Å². The summed E-state index contributed by atoms with van der Waals surface area (Å²) in [6.07, 6.45) is 16.8. The van der Waals surface area contributed by atoms with Gasteiger partial charge in [-0.15, -0.1) is 0 Å². The van der Waals surface area contributed by atoms with Gasteiger partial charge in [-0.3, -0.25) is 0 Å². The highest BCUT2D eigenvalue weighted by atomic mass is 14.5. The van der Waals surface area contributed by atoms with E-state index in [0.29, 0.717) is 0 Å². The molecule has 0 aromatic rings. The van der Waals surface area contributed by atoms with E-state index in [1.54, 1.807) is 0 Å². The van der Waals surface area contributed by atoms with Gasteiger partial charge in [-0.1, -0.05) is 29.7 Å². The molecule has 3 saturated carbocycles. The molecular formula is C16H22. The Kier molecular flexibility index (Phi) is 2.07. The molecule has 4 atom stereocenters. The summed E-state index contributed by atoms with van der Waals surface area (Å²) in [5.74, 6) is 4.05. The Hall–Kier alpha value is -0.520. The Bertz CT molecular complexity index is 330. The fraction of sp³-hybridized carbons (Fsp3) is 0.750. The fourth-order valence-corrected chi connectivity index (χ4v) is 4.91. The highest BCUT2D eigenvalue weighted by molar-refractivity contribution is 5.27.